The van der Waals surface area contributed by atoms with E-state index >= 15 is 0 Å². The number of epoxide rings is 1. The molecule has 0 radical (unpaired) electrons. The molecular formula is C17H19NO4. The molecule has 2 aromatic rings. The number of para-hydroxylation sites is 1. The number of ether oxygens (including phenoxy) is 3. The van der Waals surface area contributed by atoms with Crippen molar-refractivity contribution in [2.75, 3.05) is 20.3 Å². The average Bonchev–Trinajstić information content (AvgIpc) is 3.24. The second-order valence-electron chi connectivity index (χ2n) is 5.25. The first-order valence-electron chi connectivity index (χ1n) is 7.23. The summed E-state index contributed by atoms with van der Waals surface area (Å²) in [7, 11) is 1.63. The first-order valence-corrected chi connectivity index (χ1v) is 7.23. The SMILES string of the molecule is COCc1cc(/C(C)=C/c2ccccc2OCC2CO2)on1. The van der Waals surface area contributed by atoms with Crippen LogP contribution in [0.4, 0.5) is 0 Å². The molecule has 22 heavy (non-hydrogen) atoms. The maximum Gasteiger partial charge on any atom is 0.162 e. The maximum atomic E-state index is 5.81. The molecule has 1 atom stereocenters. The molecule has 1 aliphatic rings. The van der Waals surface area contributed by atoms with Crippen molar-refractivity contribution >= 4 is 11.6 Å². The first kappa shape index (κ1) is 14.8. The summed E-state index contributed by atoms with van der Waals surface area (Å²) in [6, 6.07) is 9.80. The highest BCUT2D eigenvalue weighted by Gasteiger charge is 2.23. The number of hydrogen-bond donors (Lipinski definition) is 0. The quantitative estimate of drug-likeness (QED) is 0.735. The van der Waals surface area contributed by atoms with Crippen LogP contribution in [-0.2, 0) is 16.1 Å². The number of benzene rings is 1. The largest absolute Gasteiger partial charge is 0.490 e. The van der Waals surface area contributed by atoms with E-state index in [9.17, 15) is 0 Å². The van der Waals surface area contributed by atoms with Crippen LogP contribution in [0, 0.1) is 0 Å². The second-order valence-corrected chi connectivity index (χ2v) is 5.25. The van der Waals surface area contributed by atoms with Crippen LogP contribution in [0.1, 0.15) is 23.9 Å². The van der Waals surface area contributed by atoms with E-state index in [-0.39, 0.29) is 6.10 Å². The Morgan fingerprint density at radius 2 is 2.23 bits per heavy atom. The van der Waals surface area contributed by atoms with Crippen LogP contribution < -0.4 is 4.74 Å². The molecule has 1 saturated heterocycles. The average molecular weight is 301 g/mol. The van der Waals surface area contributed by atoms with Gasteiger partial charge in [0, 0.05) is 18.7 Å². The predicted octanol–water partition coefficient (Wildman–Crippen LogP) is 3.16. The topological polar surface area (TPSA) is 57.0 Å². The molecule has 0 N–H and O–H groups in total. The van der Waals surface area contributed by atoms with E-state index in [1.54, 1.807) is 7.11 Å². The summed E-state index contributed by atoms with van der Waals surface area (Å²) in [5.41, 5.74) is 2.76. The number of nitrogens with zero attached hydrogens (tertiary/aromatic N) is 1. The van der Waals surface area contributed by atoms with Crippen molar-refractivity contribution in [2.24, 2.45) is 0 Å². The fourth-order valence-electron chi connectivity index (χ4n) is 2.10. The van der Waals surface area contributed by atoms with Gasteiger partial charge in [-0.25, -0.2) is 0 Å². The Bertz CT molecular complexity index is 658. The van der Waals surface area contributed by atoms with Gasteiger partial charge in [-0.05, 0) is 24.6 Å². The van der Waals surface area contributed by atoms with Gasteiger partial charge < -0.3 is 18.7 Å². The summed E-state index contributed by atoms with van der Waals surface area (Å²) >= 11 is 0. The van der Waals surface area contributed by atoms with Gasteiger partial charge in [0.05, 0.1) is 13.2 Å². The standard InChI is InChI=1S/C17H19NO4/c1-12(17-8-14(9-19-2)18-22-17)7-13-5-3-4-6-16(13)21-11-15-10-20-15/h3-8,15H,9-11H2,1-2H3/b12-7+. The molecule has 0 saturated carbocycles. The Morgan fingerprint density at radius 1 is 1.41 bits per heavy atom. The van der Waals surface area contributed by atoms with Crippen molar-refractivity contribution in [3.63, 3.8) is 0 Å². The van der Waals surface area contributed by atoms with E-state index in [0.29, 0.717) is 13.2 Å². The van der Waals surface area contributed by atoms with Gasteiger partial charge in [-0.1, -0.05) is 23.4 Å². The zero-order valence-corrected chi connectivity index (χ0v) is 12.7. The van der Waals surface area contributed by atoms with Gasteiger partial charge in [-0.15, -0.1) is 0 Å². The molecule has 0 amide bonds. The molecule has 1 unspecified atom stereocenters. The summed E-state index contributed by atoms with van der Waals surface area (Å²) in [6.07, 6.45) is 2.27. The van der Waals surface area contributed by atoms with Crippen LogP contribution in [0.25, 0.3) is 11.6 Å². The lowest BCUT2D eigenvalue weighted by atomic mass is 10.1. The van der Waals surface area contributed by atoms with Gasteiger partial charge in [-0.2, -0.15) is 0 Å². The molecule has 1 aromatic carbocycles. The molecule has 116 valence electrons. The van der Waals surface area contributed by atoms with Gasteiger partial charge >= 0.3 is 0 Å². The van der Waals surface area contributed by atoms with E-state index in [4.69, 9.17) is 18.7 Å². The zero-order valence-electron chi connectivity index (χ0n) is 12.7. The Labute approximate surface area is 129 Å². The highest BCUT2D eigenvalue weighted by molar-refractivity contribution is 5.79. The third-order valence-electron chi connectivity index (χ3n) is 3.36. The summed E-state index contributed by atoms with van der Waals surface area (Å²) < 4.78 is 21.4. The minimum absolute atomic E-state index is 0.240. The summed E-state index contributed by atoms with van der Waals surface area (Å²) in [5.74, 6) is 1.57. The number of rotatable bonds is 7. The lowest BCUT2D eigenvalue weighted by Gasteiger charge is -2.08. The third-order valence-corrected chi connectivity index (χ3v) is 3.36. The van der Waals surface area contributed by atoms with Gasteiger partial charge in [0.25, 0.3) is 0 Å². The van der Waals surface area contributed by atoms with Crippen LogP contribution in [0.15, 0.2) is 34.9 Å². The minimum atomic E-state index is 0.240. The van der Waals surface area contributed by atoms with Gasteiger partial charge in [-0.3, -0.25) is 0 Å². The molecule has 2 heterocycles. The minimum Gasteiger partial charge on any atom is -0.490 e. The van der Waals surface area contributed by atoms with Crippen molar-refractivity contribution in [3.8, 4) is 5.75 Å². The van der Waals surface area contributed by atoms with Crippen LogP contribution in [0.3, 0.4) is 0 Å². The van der Waals surface area contributed by atoms with Crippen molar-refractivity contribution < 1.29 is 18.7 Å². The second kappa shape index (κ2) is 6.77. The zero-order chi connectivity index (χ0) is 15.4. The van der Waals surface area contributed by atoms with Gasteiger partial charge in [0.15, 0.2) is 5.76 Å². The monoisotopic (exact) mass is 301 g/mol. The summed E-state index contributed by atoms with van der Waals surface area (Å²) in [4.78, 5) is 0. The maximum absolute atomic E-state index is 5.81. The van der Waals surface area contributed by atoms with E-state index in [1.807, 2.05) is 43.3 Å². The Balaban J connectivity index is 1.76. The molecule has 1 fully saturated rings. The molecule has 0 aliphatic carbocycles. The molecular weight excluding hydrogens is 282 g/mol. The van der Waals surface area contributed by atoms with Crippen LogP contribution in [0.5, 0.6) is 5.75 Å². The highest BCUT2D eigenvalue weighted by Crippen LogP contribution is 2.26. The molecule has 5 nitrogen and oxygen atoms in total. The van der Waals surface area contributed by atoms with Gasteiger partial charge in [0.1, 0.15) is 24.2 Å². The molecule has 0 spiro atoms. The third kappa shape index (κ3) is 3.75. The van der Waals surface area contributed by atoms with Crippen molar-refractivity contribution in [1.82, 2.24) is 5.16 Å². The molecule has 3 rings (SSSR count). The van der Waals surface area contributed by atoms with Crippen LogP contribution in [-0.4, -0.2) is 31.6 Å². The molecule has 5 heteroatoms. The van der Waals surface area contributed by atoms with E-state index in [2.05, 4.69) is 5.16 Å². The Kier molecular flexibility index (Phi) is 4.56. The van der Waals surface area contributed by atoms with E-state index in [1.165, 1.54) is 0 Å². The van der Waals surface area contributed by atoms with Crippen molar-refractivity contribution in [2.45, 2.75) is 19.6 Å². The van der Waals surface area contributed by atoms with E-state index in [0.717, 1.165) is 34.9 Å². The fourth-order valence-corrected chi connectivity index (χ4v) is 2.10. The van der Waals surface area contributed by atoms with Crippen LogP contribution >= 0.6 is 0 Å². The lowest BCUT2D eigenvalue weighted by Crippen LogP contribution is -2.04. The number of methoxy groups -OCH3 is 1. The van der Waals surface area contributed by atoms with Crippen molar-refractivity contribution in [3.05, 3.63) is 47.3 Å². The number of allylic oxidation sites excluding steroid dienone is 1. The molecule has 1 aromatic heterocycles. The number of aromatic nitrogens is 1. The summed E-state index contributed by atoms with van der Waals surface area (Å²) in [5, 5.41) is 3.97. The van der Waals surface area contributed by atoms with Gasteiger partial charge in [0.2, 0.25) is 0 Å². The number of hydrogen-bond acceptors (Lipinski definition) is 5. The normalized spacial score (nSPS) is 17.5. The first-order chi connectivity index (χ1) is 10.8. The highest BCUT2D eigenvalue weighted by atomic mass is 16.6. The van der Waals surface area contributed by atoms with Crippen LogP contribution in [0.2, 0.25) is 0 Å². The van der Waals surface area contributed by atoms with Crippen molar-refractivity contribution in [1.29, 1.82) is 0 Å². The lowest BCUT2D eigenvalue weighted by molar-refractivity contribution is 0.177. The smallest absolute Gasteiger partial charge is 0.162 e. The Morgan fingerprint density at radius 3 is 3.00 bits per heavy atom. The predicted molar refractivity (Wildman–Crippen MR) is 82.4 cm³/mol. The summed E-state index contributed by atoms with van der Waals surface area (Å²) in [6.45, 7) is 3.80. The van der Waals surface area contributed by atoms with E-state index < -0.39 is 0 Å². The fraction of sp³-hybridized carbons (Fsp3) is 0.353. The molecule has 0 bridgehead atoms. The molecule has 1 aliphatic heterocycles. The Hall–Kier alpha value is -2.11.